The van der Waals surface area contributed by atoms with Crippen LogP contribution < -0.4 is 4.74 Å². The maximum absolute atomic E-state index is 11.3. The number of hydrogen-bond acceptors (Lipinski definition) is 6. The largest absolute Gasteiger partial charge is 0.465 e. The minimum absolute atomic E-state index is 0.00131. The molecule has 0 amide bonds. The molecule has 0 unspecified atom stereocenters. The number of benzene rings is 2. The van der Waals surface area contributed by atoms with Crippen LogP contribution in [-0.2, 0) is 4.74 Å². The van der Waals surface area contributed by atoms with Crippen LogP contribution in [0.15, 0.2) is 42.5 Å². The first-order chi connectivity index (χ1) is 10.5. The smallest absolute Gasteiger partial charge is 0.337 e. The van der Waals surface area contributed by atoms with Crippen LogP contribution in [0.3, 0.4) is 0 Å². The lowest BCUT2D eigenvalue weighted by Gasteiger charge is -2.07. The van der Waals surface area contributed by atoms with Crippen LogP contribution in [-0.4, -0.2) is 24.3 Å². The SMILES string of the molecule is COC(=O)c1ccc(Oc2ccc(C=O)cc2[N+](=O)[O-])cc1. The zero-order valence-electron chi connectivity index (χ0n) is 11.5. The molecule has 0 aliphatic carbocycles. The van der Waals surface area contributed by atoms with Crippen molar-refractivity contribution in [2.75, 3.05) is 7.11 Å². The van der Waals surface area contributed by atoms with Gasteiger partial charge in [-0.05, 0) is 36.4 Å². The molecule has 0 heterocycles. The van der Waals surface area contributed by atoms with Crippen LogP contribution in [0, 0.1) is 10.1 Å². The average Bonchev–Trinajstić information content (AvgIpc) is 2.55. The Bertz CT molecular complexity index is 723. The van der Waals surface area contributed by atoms with Gasteiger partial charge in [-0.15, -0.1) is 0 Å². The Morgan fingerprint density at radius 3 is 2.41 bits per heavy atom. The quantitative estimate of drug-likeness (QED) is 0.364. The summed E-state index contributed by atoms with van der Waals surface area (Å²) >= 11 is 0. The number of esters is 1. The van der Waals surface area contributed by atoms with Crippen molar-refractivity contribution in [3.05, 3.63) is 63.7 Å². The van der Waals surface area contributed by atoms with E-state index in [-0.39, 0.29) is 17.0 Å². The molecule has 0 spiro atoms. The minimum Gasteiger partial charge on any atom is -0.465 e. The van der Waals surface area contributed by atoms with Crippen LogP contribution >= 0.6 is 0 Å². The average molecular weight is 301 g/mol. The molecule has 0 bridgehead atoms. The molecule has 0 aliphatic rings. The Hall–Kier alpha value is -3.22. The summed E-state index contributed by atoms with van der Waals surface area (Å²) in [6.07, 6.45) is 0.516. The van der Waals surface area contributed by atoms with Crippen molar-refractivity contribution in [3.8, 4) is 11.5 Å². The first-order valence-electron chi connectivity index (χ1n) is 6.15. The fourth-order valence-electron chi connectivity index (χ4n) is 1.74. The number of nitro benzene ring substituents is 1. The highest BCUT2D eigenvalue weighted by Gasteiger charge is 2.17. The second-order valence-corrected chi connectivity index (χ2v) is 4.22. The molecule has 0 saturated carbocycles. The van der Waals surface area contributed by atoms with E-state index < -0.39 is 10.9 Å². The number of ether oxygens (including phenoxy) is 2. The van der Waals surface area contributed by atoms with Crippen LogP contribution in [0.4, 0.5) is 5.69 Å². The molecular weight excluding hydrogens is 290 g/mol. The van der Waals surface area contributed by atoms with E-state index in [9.17, 15) is 19.7 Å². The number of rotatable bonds is 5. The van der Waals surface area contributed by atoms with Crippen molar-refractivity contribution in [1.82, 2.24) is 0 Å². The van der Waals surface area contributed by atoms with Gasteiger partial charge >= 0.3 is 11.7 Å². The number of methoxy groups -OCH3 is 1. The molecule has 22 heavy (non-hydrogen) atoms. The van der Waals surface area contributed by atoms with E-state index in [1.165, 1.54) is 43.5 Å². The fraction of sp³-hybridized carbons (Fsp3) is 0.0667. The Balaban J connectivity index is 2.28. The third kappa shape index (κ3) is 3.26. The lowest BCUT2D eigenvalue weighted by molar-refractivity contribution is -0.385. The fourth-order valence-corrected chi connectivity index (χ4v) is 1.74. The minimum atomic E-state index is -0.634. The van der Waals surface area contributed by atoms with E-state index >= 15 is 0 Å². The molecule has 0 aliphatic heterocycles. The predicted octanol–water partition coefficient (Wildman–Crippen LogP) is 2.99. The topological polar surface area (TPSA) is 95.7 Å². The highest BCUT2D eigenvalue weighted by atomic mass is 16.6. The molecule has 7 heteroatoms. The van der Waals surface area contributed by atoms with Gasteiger partial charge < -0.3 is 9.47 Å². The first-order valence-corrected chi connectivity index (χ1v) is 6.15. The number of aldehydes is 1. The van der Waals surface area contributed by atoms with Crippen molar-refractivity contribution in [2.24, 2.45) is 0 Å². The van der Waals surface area contributed by atoms with Crippen molar-refractivity contribution < 1.29 is 24.0 Å². The van der Waals surface area contributed by atoms with Crippen LogP contribution in [0.2, 0.25) is 0 Å². The molecule has 0 fully saturated rings. The molecule has 7 nitrogen and oxygen atoms in total. The van der Waals surface area contributed by atoms with Gasteiger partial charge in [0.2, 0.25) is 5.75 Å². The van der Waals surface area contributed by atoms with Gasteiger partial charge in [-0.25, -0.2) is 4.79 Å². The van der Waals surface area contributed by atoms with Crippen LogP contribution in [0.1, 0.15) is 20.7 Å². The van der Waals surface area contributed by atoms with Gasteiger partial charge in [0, 0.05) is 11.6 Å². The standard InChI is InChI=1S/C15H11NO6/c1-21-15(18)11-3-5-12(6-4-11)22-14-7-2-10(9-17)8-13(14)16(19)20/h2-9H,1H3. The molecular formula is C15H11NO6. The Morgan fingerprint density at radius 1 is 1.18 bits per heavy atom. The molecule has 0 radical (unpaired) electrons. The maximum atomic E-state index is 11.3. The van der Waals surface area contributed by atoms with E-state index in [0.29, 0.717) is 17.6 Å². The van der Waals surface area contributed by atoms with Gasteiger partial charge in [-0.2, -0.15) is 0 Å². The third-order valence-electron chi connectivity index (χ3n) is 2.82. The van der Waals surface area contributed by atoms with Crippen molar-refractivity contribution in [3.63, 3.8) is 0 Å². The summed E-state index contributed by atoms with van der Waals surface area (Å²) in [6.45, 7) is 0. The van der Waals surface area contributed by atoms with Crippen LogP contribution in [0.5, 0.6) is 11.5 Å². The van der Waals surface area contributed by atoms with Crippen molar-refractivity contribution >= 4 is 17.9 Å². The maximum Gasteiger partial charge on any atom is 0.337 e. The molecule has 112 valence electrons. The molecule has 2 aromatic carbocycles. The summed E-state index contributed by atoms with van der Waals surface area (Å²) in [5, 5.41) is 11.0. The predicted molar refractivity (Wildman–Crippen MR) is 76.3 cm³/mol. The highest BCUT2D eigenvalue weighted by molar-refractivity contribution is 5.89. The van der Waals surface area contributed by atoms with Gasteiger partial charge in [-0.3, -0.25) is 14.9 Å². The van der Waals surface area contributed by atoms with Gasteiger partial charge in [-0.1, -0.05) is 0 Å². The monoisotopic (exact) mass is 301 g/mol. The summed E-state index contributed by atoms with van der Waals surface area (Å²) in [5.41, 5.74) is 0.197. The number of nitro groups is 1. The van der Waals surface area contributed by atoms with Gasteiger partial charge in [0.05, 0.1) is 17.6 Å². The Morgan fingerprint density at radius 2 is 1.86 bits per heavy atom. The number of hydrogen-bond donors (Lipinski definition) is 0. The summed E-state index contributed by atoms with van der Waals surface area (Å²) in [4.78, 5) is 32.4. The first kappa shape index (κ1) is 15.2. The summed E-state index contributed by atoms with van der Waals surface area (Å²) in [6, 6.07) is 9.83. The number of carbonyl (C=O) groups excluding carboxylic acids is 2. The van der Waals surface area contributed by atoms with E-state index in [4.69, 9.17) is 4.74 Å². The second kappa shape index (κ2) is 6.49. The summed E-state index contributed by atoms with van der Waals surface area (Å²) < 4.78 is 10.00. The van der Waals surface area contributed by atoms with Gasteiger partial charge in [0.25, 0.3) is 0 Å². The Kier molecular flexibility index (Phi) is 4.47. The molecule has 2 rings (SSSR count). The normalized spacial score (nSPS) is 9.86. The van der Waals surface area contributed by atoms with E-state index in [1.807, 2.05) is 0 Å². The summed E-state index contributed by atoms with van der Waals surface area (Å²) in [7, 11) is 1.27. The lowest BCUT2D eigenvalue weighted by atomic mass is 10.2. The zero-order chi connectivity index (χ0) is 16.1. The molecule has 0 atom stereocenters. The highest BCUT2D eigenvalue weighted by Crippen LogP contribution is 2.32. The third-order valence-corrected chi connectivity index (χ3v) is 2.82. The Labute approximate surface area is 125 Å². The van der Waals surface area contributed by atoms with Crippen molar-refractivity contribution in [2.45, 2.75) is 0 Å². The zero-order valence-corrected chi connectivity index (χ0v) is 11.5. The molecule has 0 saturated heterocycles. The molecule has 0 N–H and O–H groups in total. The van der Waals surface area contributed by atoms with Gasteiger partial charge in [0.1, 0.15) is 12.0 Å². The lowest BCUT2D eigenvalue weighted by Crippen LogP contribution is -2.00. The molecule has 0 aromatic heterocycles. The van der Waals surface area contributed by atoms with E-state index in [0.717, 1.165) is 6.07 Å². The van der Waals surface area contributed by atoms with E-state index in [2.05, 4.69) is 4.74 Å². The van der Waals surface area contributed by atoms with E-state index in [1.54, 1.807) is 0 Å². The van der Waals surface area contributed by atoms with Crippen LogP contribution in [0.25, 0.3) is 0 Å². The molecule has 2 aromatic rings. The second-order valence-electron chi connectivity index (χ2n) is 4.22. The summed E-state index contributed by atoms with van der Waals surface area (Å²) in [5.74, 6) is -0.177. The van der Waals surface area contributed by atoms with Crippen molar-refractivity contribution in [1.29, 1.82) is 0 Å². The number of nitrogens with zero attached hydrogens (tertiary/aromatic N) is 1. The van der Waals surface area contributed by atoms with Gasteiger partial charge in [0.15, 0.2) is 0 Å². The number of carbonyl (C=O) groups is 2.